The fraction of sp³-hybridized carbons (Fsp3) is 0.516. The molecule has 0 saturated carbocycles. The van der Waals surface area contributed by atoms with Gasteiger partial charge in [0.05, 0.1) is 10.9 Å². The molecule has 3 aromatic rings. The summed E-state index contributed by atoms with van der Waals surface area (Å²) in [5.41, 5.74) is -2.56. The smallest absolute Gasteiger partial charge is 0.418 e. The normalized spacial score (nSPS) is 12.6. The molecule has 0 unspecified atom stereocenters. The number of halogens is 5. The number of hydrogen-bond acceptors (Lipinski definition) is 6. The molecule has 0 fully saturated rings. The number of hydrogen-bond donors (Lipinski definition) is 3. The molecule has 0 spiro atoms. The van der Waals surface area contributed by atoms with Crippen LogP contribution >= 0.6 is 12.2 Å². The van der Waals surface area contributed by atoms with Crippen LogP contribution in [-0.4, -0.2) is 53.1 Å². The number of alkyl halides is 3. The third-order valence-corrected chi connectivity index (χ3v) is 8.54. The number of anilines is 1. The van der Waals surface area contributed by atoms with Gasteiger partial charge in [0, 0.05) is 57.0 Å². The number of thiocarbonyl (C=S) groups is 1. The number of aromatic nitrogens is 2. The number of pyridine rings is 1. The lowest BCUT2D eigenvalue weighted by atomic mass is 10.0. The van der Waals surface area contributed by atoms with E-state index < -0.39 is 65.6 Å². The first-order chi connectivity index (χ1) is 21.5. The van der Waals surface area contributed by atoms with Gasteiger partial charge in [-0.2, -0.15) is 13.2 Å². The van der Waals surface area contributed by atoms with E-state index in [1.54, 1.807) is 34.6 Å². The average Bonchev–Trinajstić information content (AvgIpc) is 3.26. The molecule has 9 nitrogen and oxygen atoms in total. The zero-order valence-electron chi connectivity index (χ0n) is 27.7. The first kappa shape index (κ1) is 37.9. The summed E-state index contributed by atoms with van der Waals surface area (Å²) in [5, 5.41) is 7.92. The van der Waals surface area contributed by atoms with E-state index in [1.807, 2.05) is 0 Å². The van der Waals surface area contributed by atoms with E-state index in [-0.39, 0.29) is 23.2 Å². The van der Waals surface area contributed by atoms with Gasteiger partial charge in [0.15, 0.2) is 22.5 Å². The van der Waals surface area contributed by atoms with Crippen LogP contribution in [0.2, 0.25) is 25.7 Å². The largest absolute Gasteiger partial charge is 0.450 e. The second kappa shape index (κ2) is 14.7. The molecule has 1 aromatic carbocycles. The lowest BCUT2D eigenvalue weighted by Gasteiger charge is -2.29. The molecule has 3 N–H and O–H groups in total. The summed E-state index contributed by atoms with van der Waals surface area (Å²) in [7, 11) is -1.43. The van der Waals surface area contributed by atoms with Crippen LogP contribution in [0, 0.1) is 11.6 Å². The van der Waals surface area contributed by atoms with Crippen LogP contribution in [0.4, 0.5) is 32.4 Å². The van der Waals surface area contributed by atoms with E-state index >= 15 is 8.78 Å². The SMILES string of the molecule is CC(C)(CCNC(=S)Nc1cc(F)c(Oc2ccnc3c2c(C(F)(F)F)cn3COCC[Si](C)(C)C)c(F)c1)NC(=O)OC(C)(C)C. The molecule has 2 heterocycles. The van der Waals surface area contributed by atoms with Crippen LogP contribution < -0.4 is 20.7 Å². The van der Waals surface area contributed by atoms with Crippen LogP contribution in [0.1, 0.15) is 46.6 Å². The van der Waals surface area contributed by atoms with Crippen molar-refractivity contribution < 1.29 is 41.0 Å². The number of carbonyl (C=O) groups excluding carboxylic acids is 1. The standard InChI is InChI=1S/C31H42F5N5O4SSi/c1-29(2,3)45-28(42)40-30(4,5)10-12-38-27(46)39-19-15-21(32)25(22(33)16-19)44-23-9-11-37-26-24(23)20(31(34,35)36)17-41(26)18-43-13-14-47(6,7)8/h9,11,15-17H,10,12-14,18H2,1-8H3,(H,40,42)(H2,38,39,46). The predicted molar refractivity (Wildman–Crippen MR) is 178 cm³/mol. The number of amides is 1. The number of alkyl carbamates (subject to hydrolysis) is 1. The molecule has 16 heteroatoms. The molecule has 0 aliphatic rings. The molecule has 0 radical (unpaired) electrons. The highest BCUT2D eigenvalue weighted by Crippen LogP contribution is 2.42. The number of ether oxygens (including phenoxy) is 3. The van der Waals surface area contributed by atoms with E-state index in [1.165, 1.54) is 10.8 Å². The number of carbonyl (C=O) groups is 1. The fourth-order valence-electron chi connectivity index (χ4n) is 4.27. The summed E-state index contributed by atoms with van der Waals surface area (Å²) < 4.78 is 90.0. The number of benzene rings is 1. The van der Waals surface area contributed by atoms with Gasteiger partial charge in [0.25, 0.3) is 0 Å². The quantitative estimate of drug-likeness (QED) is 0.0749. The fourth-order valence-corrected chi connectivity index (χ4v) is 5.25. The van der Waals surface area contributed by atoms with Crippen molar-refractivity contribution in [2.24, 2.45) is 0 Å². The number of nitrogens with one attached hydrogen (secondary N) is 3. The molecule has 3 rings (SSSR count). The molecule has 0 atom stereocenters. The molecule has 0 aliphatic heterocycles. The lowest BCUT2D eigenvalue weighted by molar-refractivity contribution is -0.136. The first-order valence-electron chi connectivity index (χ1n) is 14.9. The summed E-state index contributed by atoms with van der Waals surface area (Å²) in [6.45, 7) is 15.8. The Hall–Kier alpha value is -3.50. The molecule has 0 saturated heterocycles. The van der Waals surface area contributed by atoms with Crippen LogP contribution in [-0.2, 0) is 22.4 Å². The summed E-state index contributed by atoms with van der Waals surface area (Å²) in [6, 6.07) is 3.73. The molecule has 1 amide bonds. The van der Waals surface area contributed by atoms with Crippen LogP contribution in [0.15, 0.2) is 30.6 Å². The Labute approximate surface area is 277 Å². The number of rotatable bonds is 12. The third-order valence-electron chi connectivity index (χ3n) is 6.59. The molecular formula is C31H42F5N5O4SSi. The van der Waals surface area contributed by atoms with Crippen molar-refractivity contribution in [2.45, 2.75) is 90.8 Å². The number of fused-ring (bicyclic) bond motifs is 1. The van der Waals surface area contributed by atoms with Gasteiger partial charge < -0.3 is 34.7 Å². The van der Waals surface area contributed by atoms with Crippen molar-refractivity contribution in [1.82, 2.24) is 20.2 Å². The summed E-state index contributed by atoms with van der Waals surface area (Å²) in [4.78, 5) is 16.2. The minimum atomic E-state index is -4.81. The maximum absolute atomic E-state index is 15.2. The van der Waals surface area contributed by atoms with Gasteiger partial charge in [-0.1, -0.05) is 19.6 Å². The maximum atomic E-state index is 15.2. The monoisotopic (exact) mass is 703 g/mol. The van der Waals surface area contributed by atoms with Crippen molar-refractivity contribution in [2.75, 3.05) is 18.5 Å². The van der Waals surface area contributed by atoms with Gasteiger partial charge in [-0.25, -0.2) is 18.6 Å². The maximum Gasteiger partial charge on any atom is 0.418 e. The highest BCUT2D eigenvalue weighted by atomic mass is 32.1. The molecule has 2 aromatic heterocycles. The average molecular weight is 704 g/mol. The topological polar surface area (TPSA) is 98.7 Å². The van der Waals surface area contributed by atoms with Crippen molar-refractivity contribution >= 4 is 48.2 Å². The molecule has 0 bridgehead atoms. The second-order valence-corrected chi connectivity index (χ2v) is 19.9. The van der Waals surface area contributed by atoms with Crippen molar-refractivity contribution in [1.29, 1.82) is 0 Å². The minimum absolute atomic E-state index is 0.0459. The van der Waals surface area contributed by atoms with Gasteiger partial charge in [-0.05, 0) is 65.4 Å². The van der Waals surface area contributed by atoms with Gasteiger partial charge in [-0.15, -0.1) is 0 Å². The Bertz CT molecular complexity index is 1560. The van der Waals surface area contributed by atoms with Gasteiger partial charge in [0.1, 0.15) is 23.7 Å². The Morgan fingerprint density at radius 3 is 2.28 bits per heavy atom. The summed E-state index contributed by atoms with van der Waals surface area (Å²) in [5.74, 6) is -3.68. The van der Waals surface area contributed by atoms with E-state index in [0.717, 1.165) is 30.4 Å². The highest BCUT2D eigenvalue weighted by Gasteiger charge is 2.37. The van der Waals surface area contributed by atoms with Crippen molar-refractivity contribution in [3.8, 4) is 11.5 Å². The summed E-state index contributed by atoms with van der Waals surface area (Å²) in [6.07, 6.45) is -2.91. The Balaban J connectivity index is 1.72. The summed E-state index contributed by atoms with van der Waals surface area (Å²) >= 11 is 5.23. The predicted octanol–water partition coefficient (Wildman–Crippen LogP) is 8.42. The third kappa shape index (κ3) is 11.6. The zero-order chi connectivity index (χ0) is 35.4. The van der Waals surface area contributed by atoms with Gasteiger partial charge in [0.2, 0.25) is 0 Å². The molecule has 47 heavy (non-hydrogen) atoms. The molecular weight excluding hydrogens is 662 g/mol. The Morgan fingerprint density at radius 1 is 1.06 bits per heavy atom. The Kier molecular flexibility index (Phi) is 11.9. The van der Waals surface area contributed by atoms with Crippen LogP contribution in [0.25, 0.3) is 11.0 Å². The second-order valence-electron chi connectivity index (χ2n) is 13.9. The zero-order valence-corrected chi connectivity index (χ0v) is 29.6. The minimum Gasteiger partial charge on any atom is -0.450 e. The highest BCUT2D eigenvalue weighted by molar-refractivity contribution is 7.80. The number of nitrogens with zero attached hydrogens (tertiary/aromatic N) is 2. The molecule has 260 valence electrons. The Morgan fingerprint density at radius 2 is 1.70 bits per heavy atom. The van der Waals surface area contributed by atoms with Crippen molar-refractivity contribution in [3.63, 3.8) is 0 Å². The van der Waals surface area contributed by atoms with Crippen molar-refractivity contribution in [3.05, 3.63) is 47.8 Å². The van der Waals surface area contributed by atoms with Gasteiger partial charge in [-0.3, -0.25) is 0 Å². The van der Waals surface area contributed by atoms with E-state index in [0.29, 0.717) is 19.6 Å². The van der Waals surface area contributed by atoms with E-state index in [4.69, 9.17) is 26.4 Å². The first-order valence-corrected chi connectivity index (χ1v) is 19.0. The van der Waals surface area contributed by atoms with E-state index in [2.05, 4.69) is 40.6 Å². The van der Waals surface area contributed by atoms with Crippen LogP contribution in [0.5, 0.6) is 11.5 Å². The lowest BCUT2D eigenvalue weighted by Crippen LogP contribution is -2.47. The molecule has 0 aliphatic carbocycles. The van der Waals surface area contributed by atoms with E-state index in [9.17, 15) is 18.0 Å². The van der Waals surface area contributed by atoms with Gasteiger partial charge >= 0.3 is 12.3 Å². The van der Waals surface area contributed by atoms with Crippen LogP contribution in [0.3, 0.4) is 0 Å².